The molecule has 0 aliphatic carbocycles. The average Bonchev–Trinajstić information content (AvgIpc) is 2.74. The van der Waals surface area contributed by atoms with E-state index in [4.69, 9.17) is 16.3 Å². The standard InChI is InChI=1S/C20H17ClN4O4/c1-29-17-11-14(21)7-8-15(17)20(28)23-22-18(26)12-25-19(27)10-9-16(24-25)13-5-3-2-4-6-13/h2-11H,12H2,1H3,(H,22,26)(H,23,28). The topological polar surface area (TPSA) is 102 Å². The van der Waals surface area contributed by atoms with Crippen LogP contribution in [-0.4, -0.2) is 28.7 Å². The molecule has 9 heteroatoms. The van der Waals surface area contributed by atoms with Gasteiger partial charge in [0.15, 0.2) is 0 Å². The molecule has 0 unspecified atom stereocenters. The zero-order chi connectivity index (χ0) is 20.8. The van der Waals surface area contributed by atoms with Gasteiger partial charge in [0.05, 0.1) is 18.4 Å². The van der Waals surface area contributed by atoms with Gasteiger partial charge in [-0.25, -0.2) is 4.68 Å². The monoisotopic (exact) mass is 412 g/mol. The van der Waals surface area contributed by atoms with Crippen molar-refractivity contribution in [3.05, 3.63) is 81.6 Å². The second kappa shape index (κ2) is 9.03. The van der Waals surface area contributed by atoms with Crippen LogP contribution in [0.3, 0.4) is 0 Å². The molecule has 2 amide bonds. The third kappa shape index (κ3) is 4.99. The molecule has 0 spiro atoms. The van der Waals surface area contributed by atoms with Gasteiger partial charge in [0.1, 0.15) is 12.3 Å². The van der Waals surface area contributed by atoms with Gasteiger partial charge in [0, 0.05) is 16.7 Å². The van der Waals surface area contributed by atoms with Gasteiger partial charge in [-0.3, -0.25) is 25.2 Å². The predicted molar refractivity (Wildman–Crippen MR) is 108 cm³/mol. The number of methoxy groups -OCH3 is 1. The first-order valence-electron chi connectivity index (χ1n) is 8.54. The number of hydrogen-bond acceptors (Lipinski definition) is 5. The average molecular weight is 413 g/mol. The normalized spacial score (nSPS) is 10.3. The lowest BCUT2D eigenvalue weighted by atomic mass is 10.1. The molecule has 0 fully saturated rings. The summed E-state index contributed by atoms with van der Waals surface area (Å²) in [6.45, 7) is -0.364. The van der Waals surface area contributed by atoms with Crippen LogP contribution in [0.1, 0.15) is 10.4 Å². The van der Waals surface area contributed by atoms with Crippen LogP contribution in [0.15, 0.2) is 65.5 Å². The molecule has 29 heavy (non-hydrogen) atoms. The van der Waals surface area contributed by atoms with Gasteiger partial charge in [-0.1, -0.05) is 41.9 Å². The van der Waals surface area contributed by atoms with E-state index in [9.17, 15) is 14.4 Å². The summed E-state index contributed by atoms with van der Waals surface area (Å²) in [4.78, 5) is 36.5. The van der Waals surface area contributed by atoms with Crippen LogP contribution < -0.4 is 21.1 Å². The molecule has 3 aromatic rings. The molecule has 0 radical (unpaired) electrons. The second-order valence-corrected chi connectivity index (χ2v) is 6.36. The maximum absolute atomic E-state index is 12.3. The Bertz CT molecular complexity index is 1100. The minimum Gasteiger partial charge on any atom is -0.496 e. The highest BCUT2D eigenvalue weighted by Gasteiger charge is 2.14. The Kier molecular flexibility index (Phi) is 6.25. The van der Waals surface area contributed by atoms with Crippen LogP contribution in [0.25, 0.3) is 11.3 Å². The van der Waals surface area contributed by atoms with Crippen molar-refractivity contribution in [1.29, 1.82) is 0 Å². The van der Waals surface area contributed by atoms with Crippen LogP contribution >= 0.6 is 11.6 Å². The van der Waals surface area contributed by atoms with E-state index in [2.05, 4.69) is 16.0 Å². The fourth-order valence-electron chi connectivity index (χ4n) is 2.55. The molecule has 8 nitrogen and oxygen atoms in total. The Morgan fingerprint density at radius 3 is 2.55 bits per heavy atom. The van der Waals surface area contributed by atoms with Crippen molar-refractivity contribution in [3.63, 3.8) is 0 Å². The summed E-state index contributed by atoms with van der Waals surface area (Å²) in [5.74, 6) is -0.950. The number of carbonyl (C=O) groups is 2. The maximum Gasteiger partial charge on any atom is 0.273 e. The molecule has 0 atom stereocenters. The lowest BCUT2D eigenvalue weighted by Crippen LogP contribution is -2.44. The smallest absolute Gasteiger partial charge is 0.273 e. The van der Waals surface area contributed by atoms with Gasteiger partial charge >= 0.3 is 0 Å². The molecule has 0 saturated heterocycles. The Labute approximate surface area is 171 Å². The summed E-state index contributed by atoms with van der Waals surface area (Å²) < 4.78 is 6.13. The summed E-state index contributed by atoms with van der Waals surface area (Å²) in [7, 11) is 1.40. The number of rotatable bonds is 5. The van der Waals surface area contributed by atoms with Crippen molar-refractivity contribution in [2.75, 3.05) is 7.11 Å². The third-order valence-corrected chi connectivity index (χ3v) is 4.19. The predicted octanol–water partition coefficient (Wildman–Crippen LogP) is 2.03. The summed E-state index contributed by atoms with van der Waals surface area (Å²) in [5.41, 5.74) is 5.64. The number of benzene rings is 2. The largest absolute Gasteiger partial charge is 0.496 e. The molecule has 2 aromatic carbocycles. The fourth-order valence-corrected chi connectivity index (χ4v) is 2.71. The zero-order valence-electron chi connectivity index (χ0n) is 15.4. The van der Waals surface area contributed by atoms with Crippen molar-refractivity contribution < 1.29 is 14.3 Å². The summed E-state index contributed by atoms with van der Waals surface area (Å²) in [6.07, 6.45) is 0. The van der Waals surface area contributed by atoms with E-state index in [-0.39, 0.29) is 17.9 Å². The number of aromatic nitrogens is 2. The van der Waals surface area contributed by atoms with Crippen molar-refractivity contribution in [2.45, 2.75) is 6.54 Å². The number of amides is 2. The maximum atomic E-state index is 12.3. The Morgan fingerprint density at radius 1 is 1.07 bits per heavy atom. The first kappa shape index (κ1) is 20.1. The molecule has 0 bridgehead atoms. The lowest BCUT2D eigenvalue weighted by Gasteiger charge is -2.11. The van der Waals surface area contributed by atoms with Crippen molar-refractivity contribution in [1.82, 2.24) is 20.6 Å². The number of halogens is 1. The van der Waals surface area contributed by atoms with Gasteiger partial charge < -0.3 is 4.74 Å². The summed E-state index contributed by atoms with van der Waals surface area (Å²) in [6, 6.07) is 16.6. The highest BCUT2D eigenvalue weighted by molar-refractivity contribution is 6.30. The quantitative estimate of drug-likeness (QED) is 0.624. The molecule has 148 valence electrons. The summed E-state index contributed by atoms with van der Waals surface area (Å²) >= 11 is 5.87. The van der Waals surface area contributed by atoms with Crippen LogP contribution in [0.4, 0.5) is 0 Å². The molecule has 3 rings (SSSR count). The molecule has 0 saturated carbocycles. The first-order valence-corrected chi connectivity index (χ1v) is 8.92. The number of nitrogens with one attached hydrogen (secondary N) is 2. The molecule has 0 aliphatic rings. The van der Waals surface area contributed by atoms with Gasteiger partial charge in [0.25, 0.3) is 17.4 Å². The number of hydrazine groups is 1. The van der Waals surface area contributed by atoms with E-state index in [0.717, 1.165) is 10.2 Å². The summed E-state index contributed by atoms with van der Waals surface area (Å²) in [5, 5.41) is 4.61. The zero-order valence-corrected chi connectivity index (χ0v) is 16.1. The van der Waals surface area contributed by atoms with E-state index in [1.165, 1.54) is 31.4 Å². The first-order chi connectivity index (χ1) is 14.0. The van der Waals surface area contributed by atoms with Gasteiger partial charge in [-0.05, 0) is 24.3 Å². The van der Waals surface area contributed by atoms with Gasteiger partial charge in [0.2, 0.25) is 0 Å². The van der Waals surface area contributed by atoms with E-state index in [1.54, 1.807) is 6.07 Å². The Balaban J connectivity index is 1.67. The van der Waals surface area contributed by atoms with Crippen LogP contribution in [0, 0.1) is 0 Å². The van der Waals surface area contributed by atoms with E-state index in [1.807, 2.05) is 30.3 Å². The van der Waals surface area contributed by atoms with Gasteiger partial charge in [-0.15, -0.1) is 0 Å². The molecular weight excluding hydrogens is 396 g/mol. The third-order valence-electron chi connectivity index (χ3n) is 3.95. The molecule has 1 heterocycles. The molecule has 2 N–H and O–H groups in total. The minimum absolute atomic E-state index is 0.193. The van der Waals surface area contributed by atoms with Crippen LogP contribution in [0.5, 0.6) is 5.75 Å². The SMILES string of the molecule is COc1cc(Cl)ccc1C(=O)NNC(=O)Cn1nc(-c2ccccc2)ccc1=O. The van der Waals surface area contributed by atoms with E-state index in [0.29, 0.717) is 10.7 Å². The van der Waals surface area contributed by atoms with Crippen molar-refractivity contribution in [3.8, 4) is 17.0 Å². The second-order valence-electron chi connectivity index (χ2n) is 5.93. The number of carbonyl (C=O) groups excluding carboxylic acids is 2. The Hall–Kier alpha value is -3.65. The van der Waals surface area contributed by atoms with Crippen LogP contribution in [0.2, 0.25) is 5.02 Å². The highest BCUT2D eigenvalue weighted by Crippen LogP contribution is 2.22. The Morgan fingerprint density at radius 2 is 1.83 bits per heavy atom. The van der Waals surface area contributed by atoms with Gasteiger partial charge in [-0.2, -0.15) is 5.10 Å². The number of ether oxygens (including phenoxy) is 1. The lowest BCUT2D eigenvalue weighted by molar-refractivity contribution is -0.122. The molecule has 0 aliphatic heterocycles. The minimum atomic E-state index is -0.619. The highest BCUT2D eigenvalue weighted by atomic mass is 35.5. The van der Waals surface area contributed by atoms with Crippen LogP contribution in [-0.2, 0) is 11.3 Å². The van der Waals surface area contributed by atoms with Crippen molar-refractivity contribution >= 4 is 23.4 Å². The van der Waals surface area contributed by atoms with Crippen molar-refractivity contribution in [2.24, 2.45) is 0 Å². The van der Waals surface area contributed by atoms with E-state index >= 15 is 0 Å². The number of hydrogen-bond donors (Lipinski definition) is 2. The fraction of sp³-hybridized carbons (Fsp3) is 0.100. The number of nitrogens with zero attached hydrogens (tertiary/aromatic N) is 2. The molecule has 1 aromatic heterocycles. The van der Waals surface area contributed by atoms with E-state index < -0.39 is 17.4 Å². The molecular formula is C20H17ClN4O4.